The first-order valence-electron chi connectivity index (χ1n) is 8.84. The van der Waals surface area contributed by atoms with E-state index in [-0.39, 0.29) is 5.69 Å². The molecule has 1 aromatic heterocycles. The number of hydrogen-bond acceptors (Lipinski definition) is 5. The van der Waals surface area contributed by atoms with Crippen LogP contribution >= 0.6 is 0 Å². The minimum Gasteiger partial charge on any atom is -0.372 e. The third kappa shape index (κ3) is 3.97. The highest BCUT2D eigenvalue weighted by atomic mass is 19.1. The topological polar surface area (TPSA) is 53.1 Å². The number of hydrogen-bond donors (Lipinski definition) is 2. The summed E-state index contributed by atoms with van der Waals surface area (Å²) in [5, 5.41) is 5.85. The molecule has 0 saturated carbocycles. The smallest absolute Gasteiger partial charge is 0.149 e. The fourth-order valence-corrected chi connectivity index (χ4v) is 3.12. The van der Waals surface area contributed by atoms with Crippen LogP contribution in [0.3, 0.4) is 0 Å². The predicted molar refractivity (Wildman–Crippen MR) is 103 cm³/mol. The van der Waals surface area contributed by atoms with E-state index in [0.717, 1.165) is 18.8 Å². The first kappa shape index (κ1) is 17.2. The average Bonchev–Trinajstić information content (AvgIpc) is 3.21. The fraction of sp³-hybridized carbons (Fsp3) is 0.200. The molecule has 7 heteroatoms. The van der Waals surface area contributed by atoms with Gasteiger partial charge in [-0.15, -0.1) is 0 Å². The van der Waals surface area contributed by atoms with Crippen LogP contribution in [0.4, 0.5) is 37.5 Å². The molecule has 5 nitrogen and oxygen atoms in total. The normalized spacial score (nSPS) is 13.6. The molecule has 2 N–H and O–H groups in total. The Labute approximate surface area is 156 Å². The molecule has 4 rings (SSSR count). The lowest BCUT2D eigenvalue weighted by Gasteiger charge is -2.18. The zero-order valence-corrected chi connectivity index (χ0v) is 14.6. The van der Waals surface area contributed by atoms with Crippen LogP contribution in [0.25, 0.3) is 0 Å². The zero-order valence-electron chi connectivity index (χ0n) is 14.6. The molecule has 2 heterocycles. The van der Waals surface area contributed by atoms with Crippen LogP contribution in [-0.2, 0) is 0 Å². The summed E-state index contributed by atoms with van der Waals surface area (Å²) in [7, 11) is 0. The van der Waals surface area contributed by atoms with Gasteiger partial charge in [-0.2, -0.15) is 0 Å². The molecule has 0 radical (unpaired) electrons. The third-order valence-electron chi connectivity index (χ3n) is 4.49. The lowest BCUT2D eigenvalue weighted by Crippen LogP contribution is -2.17. The van der Waals surface area contributed by atoms with Crippen molar-refractivity contribution < 1.29 is 8.78 Å². The van der Waals surface area contributed by atoms with Crippen molar-refractivity contribution in [2.45, 2.75) is 12.8 Å². The molecule has 2 aromatic carbocycles. The van der Waals surface area contributed by atoms with E-state index in [4.69, 9.17) is 0 Å². The summed E-state index contributed by atoms with van der Waals surface area (Å²) in [4.78, 5) is 10.5. The predicted octanol–water partition coefficient (Wildman–Crippen LogP) is 4.84. The van der Waals surface area contributed by atoms with Crippen molar-refractivity contribution in [3.8, 4) is 0 Å². The summed E-state index contributed by atoms with van der Waals surface area (Å²) in [5.41, 5.74) is 1.84. The maximum Gasteiger partial charge on any atom is 0.149 e. The van der Waals surface area contributed by atoms with Crippen LogP contribution in [0, 0.1) is 11.6 Å². The molecule has 1 aliphatic heterocycles. The number of benzene rings is 2. The molecule has 3 aromatic rings. The van der Waals surface area contributed by atoms with Crippen LogP contribution < -0.4 is 15.5 Å². The van der Waals surface area contributed by atoms with Crippen LogP contribution in [0.5, 0.6) is 0 Å². The van der Waals surface area contributed by atoms with Gasteiger partial charge in [0, 0.05) is 30.5 Å². The van der Waals surface area contributed by atoms with E-state index in [1.807, 2.05) is 12.1 Å². The largest absolute Gasteiger partial charge is 0.372 e. The molecule has 27 heavy (non-hydrogen) atoms. The Hall–Kier alpha value is -3.22. The van der Waals surface area contributed by atoms with Gasteiger partial charge in [0.15, 0.2) is 0 Å². The van der Waals surface area contributed by atoms with Gasteiger partial charge in [-0.05, 0) is 49.2 Å². The standard InChI is InChI=1S/C20H19F2N5/c21-16-4-3-5-17(22)20(16)26-19-12-18(23-13-24-19)25-14-6-8-15(9-7-14)27-10-1-2-11-27/h3-9,12-13H,1-2,10-11H2,(H2,23,24,25,26). The minimum atomic E-state index is -0.680. The van der Waals surface area contributed by atoms with E-state index < -0.39 is 11.6 Å². The van der Waals surface area contributed by atoms with Gasteiger partial charge in [0.05, 0.1) is 0 Å². The summed E-state index contributed by atoms with van der Waals surface area (Å²) in [6.07, 6.45) is 3.81. The summed E-state index contributed by atoms with van der Waals surface area (Å²) >= 11 is 0. The highest BCUT2D eigenvalue weighted by molar-refractivity contribution is 5.65. The Bertz CT molecular complexity index is 904. The second-order valence-corrected chi connectivity index (χ2v) is 6.38. The SMILES string of the molecule is Fc1cccc(F)c1Nc1cc(Nc2ccc(N3CCCC3)cc2)ncn1. The molecule has 1 saturated heterocycles. The summed E-state index contributed by atoms with van der Waals surface area (Å²) < 4.78 is 27.6. The van der Waals surface area contributed by atoms with Crippen molar-refractivity contribution in [3.05, 3.63) is 66.5 Å². The molecule has 0 unspecified atom stereocenters. The van der Waals surface area contributed by atoms with Gasteiger partial charge in [-0.3, -0.25) is 0 Å². The first-order chi connectivity index (χ1) is 13.2. The Balaban J connectivity index is 1.48. The number of para-hydroxylation sites is 1. The quantitative estimate of drug-likeness (QED) is 0.676. The van der Waals surface area contributed by atoms with Gasteiger partial charge < -0.3 is 15.5 Å². The Kier molecular flexibility index (Phi) is 4.82. The molecule has 0 bridgehead atoms. The van der Waals surface area contributed by atoms with Crippen molar-refractivity contribution >= 4 is 28.7 Å². The van der Waals surface area contributed by atoms with Crippen molar-refractivity contribution in [1.29, 1.82) is 0 Å². The molecule has 138 valence electrons. The van der Waals surface area contributed by atoms with Gasteiger partial charge >= 0.3 is 0 Å². The van der Waals surface area contributed by atoms with E-state index in [1.54, 1.807) is 6.07 Å². The number of rotatable bonds is 5. The molecule has 1 aliphatic rings. The van der Waals surface area contributed by atoms with Crippen molar-refractivity contribution in [2.75, 3.05) is 28.6 Å². The number of nitrogens with zero attached hydrogens (tertiary/aromatic N) is 3. The van der Waals surface area contributed by atoms with Gasteiger partial charge in [-0.25, -0.2) is 18.7 Å². The molecule has 0 aliphatic carbocycles. The van der Waals surface area contributed by atoms with E-state index in [0.29, 0.717) is 11.6 Å². The summed E-state index contributed by atoms with van der Waals surface area (Å²) in [5.74, 6) is -0.537. The summed E-state index contributed by atoms with van der Waals surface area (Å²) in [6.45, 7) is 2.20. The second-order valence-electron chi connectivity index (χ2n) is 6.38. The van der Waals surface area contributed by atoms with Crippen LogP contribution in [0.2, 0.25) is 0 Å². The minimum absolute atomic E-state index is 0.239. The maximum atomic E-state index is 13.8. The van der Waals surface area contributed by atoms with Crippen molar-refractivity contribution in [1.82, 2.24) is 9.97 Å². The number of nitrogens with one attached hydrogen (secondary N) is 2. The number of anilines is 5. The van der Waals surface area contributed by atoms with E-state index in [2.05, 4.69) is 37.6 Å². The van der Waals surface area contributed by atoms with Crippen molar-refractivity contribution in [2.24, 2.45) is 0 Å². The van der Waals surface area contributed by atoms with Crippen LogP contribution in [0.1, 0.15) is 12.8 Å². The molecular formula is C20H19F2N5. The highest BCUT2D eigenvalue weighted by Crippen LogP contribution is 2.25. The lowest BCUT2D eigenvalue weighted by molar-refractivity contribution is 0.590. The lowest BCUT2D eigenvalue weighted by atomic mass is 10.2. The highest BCUT2D eigenvalue weighted by Gasteiger charge is 2.12. The van der Waals surface area contributed by atoms with Gasteiger partial charge in [0.1, 0.15) is 35.3 Å². The van der Waals surface area contributed by atoms with E-state index in [1.165, 1.54) is 43.1 Å². The second kappa shape index (κ2) is 7.57. The van der Waals surface area contributed by atoms with Gasteiger partial charge in [0.2, 0.25) is 0 Å². The Morgan fingerprint density at radius 1 is 0.815 bits per heavy atom. The number of aromatic nitrogens is 2. The molecular weight excluding hydrogens is 348 g/mol. The van der Waals surface area contributed by atoms with Crippen LogP contribution in [0.15, 0.2) is 54.9 Å². The summed E-state index contributed by atoms with van der Waals surface area (Å²) in [6, 6.07) is 13.4. The number of halogens is 2. The molecule has 0 atom stereocenters. The van der Waals surface area contributed by atoms with Gasteiger partial charge in [0.25, 0.3) is 0 Å². The zero-order chi connectivity index (χ0) is 18.6. The average molecular weight is 367 g/mol. The first-order valence-corrected chi connectivity index (χ1v) is 8.84. The Morgan fingerprint density at radius 2 is 1.44 bits per heavy atom. The Morgan fingerprint density at radius 3 is 2.11 bits per heavy atom. The maximum absolute atomic E-state index is 13.8. The molecule has 1 fully saturated rings. The molecule has 0 amide bonds. The van der Waals surface area contributed by atoms with Crippen molar-refractivity contribution in [3.63, 3.8) is 0 Å². The fourth-order valence-electron chi connectivity index (χ4n) is 3.12. The monoisotopic (exact) mass is 367 g/mol. The van der Waals surface area contributed by atoms with Gasteiger partial charge in [-0.1, -0.05) is 6.07 Å². The van der Waals surface area contributed by atoms with Crippen LogP contribution in [-0.4, -0.2) is 23.1 Å². The third-order valence-corrected chi connectivity index (χ3v) is 4.49. The molecule has 0 spiro atoms. The van der Waals surface area contributed by atoms with E-state index >= 15 is 0 Å². The van der Waals surface area contributed by atoms with E-state index in [9.17, 15) is 8.78 Å².